The predicted molar refractivity (Wildman–Crippen MR) is 19.7 cm³/mol. The summed E-state index contributed by atoms with van der Waals surface area (Å²) in [5.41, 5.74) is 0. The Balaban J connectivity index is -0.0000000800. The molecular formula is C4H9Cl2V. The third kappa shape index (κ3) is 141. The van der Waals surface area contributed by atoms with E-state index in [1.165, 1.54) is 0 Å². The van der Waals surface area contributed by atoms with Crippen LogP contribution < -0.4 is 24.8 Å². The van der Waals surface area contributed by atoms with Crippen LogP contribution in [0.4, 0.5) is 0 Å². The molecule has 44 valence electrons. The molecule has 0 fully saturated rings. The molecule has 3 heteroatoms. The first kappa shape index (κ1) is 15.7. The summed E-state index contributed by atoms with van der Waals surface area (Å²) in [6.45, 7) is 6.48. The molecule has 0 N–H and O–H groups in total. The number of hydrogen-bond acceptors (Lipinski definition) is 0. The average Bonchev–Trinajstić information content (AvgIpc) is 0.722. The molecule has 0 saturated heterocycles. The quantitative estimate of drug-likeness (QED) is 0.353. The van der Waals surface area contributed by atoms with Crippen LogP contribution in [0.15, 0.2) is 0 Å². The van der Waals surface area contributed by atoms with Crippen LogP contribution in [0.3, 0.4) is 0 Å². The molecule has 0 heterocycles. The predicted octanol–water partition coefficient (Wildman–Crippen LogP) is -4.24. The molecule has 0 saturated carbocycles. The van der Waals surface area contributed by atoms with E-state index in [0.29, 0.717) is 4.13 Å². The first-order chi connectivity index (χ1) is 2.00. The molecule has 0 aromatic rings. The summed E-state index contributed by atoms with van der Waals surface area (Å²) in [6.07, 6.45) is 0. The van der Waals surface area contributed by atoms with E-state index in [9.17, 15) is 0 Å². The van der Waals surface area contributed by atoms with Crippen LogP contribution in [0.1, 0.15) is 20.8 Å². The largest absolute Gasteiger partial charge is 1.00 e. The minimum atomic E-state index is 0. The Morgan fingerprint density at radius 1 is 1.00 bits per heavy atom. The van der Waals surface area contributed by atoms with Crippen molar-refractivity contribution in [3.63, 3.8) is 0 Å². The van der Waals surface area contributed by atoms with Gasteiger partial charge in [-0.15, -0.1) is 0 Å². The summed E-state index contributed by atoms with van der Waals surface area (Å²) in [7, 11) is 0. The van der Waals surface area contributed by atoms with E-state index in [0.717, 1.165) is 0 Å². The van der Waals surface area contributed by atoms with Gasteiger partial charge in [-0.25, -0.2) is 0 Å². The van der Waals surface area contributed by atoms with Gasteiger partial charge in [-0.05, 0) is 0 Å². The zero-order valence-electron chi connectivity index (χ0n) is 4.70. The van der Waals surface area contributed by atoms with Crippen molar-refractivity contribution in [2.45, 2.75) is 24.9 Å². The van der Waals surface area contributed by atoms with E-state index >= 15 is 0 Å². The minimum Gasteiger partial charge on any atom is -1.00 e. The molecule has 0 aliphatic heterocycles. The van der Waals surface area contributed by atoms with Crippen molar-refractivity contribution in [2.75, 3.05) is 0 Å². The van der Waals surface area contributed by atoms with Gasteiger partial charge in [0.2, 0.25) is 0 Å². The molecule has 0 aromatic heterocycles. The Morgan fingerprint density at radius 3 is 1.00 bits per heavy atom. The smallest absolute Gasteiger partial charge is 1.00 e. The Kier molecular flexibility index (Phi) is 11.9. The average molecular weight is 179 g/mol. The van der Waals surface area contributed by atoms with Gasteiger partial charge in [-0.3, -0.25) is 0 Å². The Morgan fingerprint density at radius 2 is 1.00 bits per heavy atom. The maximum atomic E-state index is 2.58. The van der Waals surface area contributed by atoms with Gasteiger partial charge in [-0.2, -0.15) is 0 Å². The molecule has 0 spiro atoms. The molecule has 0 atom stereocenters. The zero-order chi connectivity index (χ0) is 4.50. The summed E-state index contributed by atoms with van der Waals surface area (Å²) in [4.78, 5) is 0. The minimum absolute atomic E-state index is 0. The molecule has 0 unspecified atom stereocenters. The first-order valence-corrected chi connectivity index (χ1v) is 2.42. The standard InChI is InChI=1S/C4H9.2ClH.V/c1-4(2)3;;;/h1-3H3;2*1H;/q;;;+2/p-2. The van der Waals surface area contributed by atoms with Crippen molar-refractivity contribution in [1.29, 1.82) is 0 Å². The van der Waals surface area contributed by atoms with Crippen LogP contribution in [-0.2, 0) is 17.4 Å². The van der Waals surface area contributed by atoms with E-state index < -0.39 is 0 Å². The van der Waals surface area contributed by atoms with Crippen molar-refractivity contribution < 1.29 is 42.2 Å². The summed E-state index contributed by atoms with van der Waals surface area (Å²) in [5.74, 6) is 0. The molecule has 7 heavy (non-hydrogen) atoms. The van der Waals surface area contributed by atoms with Gasteiger partial charge >= 0.3 is 42.3 Å². The van der Waals surface area contributed by atoms with Gasteiger partial charge in [-0.1, -0.05) is 0 Å². The van der Waals surface area contributed by atoms with Gasteiger partial charge in [0.1, 0.15) is 0 Å². The summed E-state index contributed by atoms with van der Waals surface area (Å²) in [6, 6.07) is 0. The first-order valence-electron chi connectivity index (χ1n) is 1.72. The summed E-state index contributed by atoms with van der Waals surface area (Å²) >= 11 is 2.58. The molecule has 0 nitrogen and oxygen atoms in total. The van der Waals surface area contributed by atoms with Crippen molar-refractivity contribution in [3.8, 4) is 0 Å². The van der Waals surface area contributed by atoms with Gasteiger partial charge in [0, 0.05) is 0 Å². The van der Waals surface area contributed by atoms with Crippen molar-refractivity contribution >= 4 is 0 Å². The van der Waals surface area contributed by atoms with E-state index in [1.807, 2.05) is 0 Å². The van der Waals surface area contributed by atoms with Crippen LogP contribution in [-0.4, -0.2) is 0 Å². The summed E-state index contributed by atoms with van der Waals surface area (Å²) in [5, 5.41) is 0. The molecular weight excluding hydrogens is 170 g/mol. The zero-order valence-corrected chi connectivity index (χ0v) is 7.61. The van der Waals surface area contributed by atoms with E-state index in [4.69, 9.17) is 0 Å². The van der Waals surface area contributed by atoms with Crippen LogP contribution in [0.25, 0.3) is 0 Å². The second kappa shape index (κ2) is 5.30. The topological polar surface area (TPSA) is 0 Å². The second-order valence-corrected chi connectivity index (χ2v) is 4.27. The van der Waals surface area contributed by atoms with Crippen molar-refractivity contribution in [1.82, 2.24) is 0 Å². The van der Waals surface area contributed by atoms with Gasteiger partial charge < -0.3 is 24.8 Å². The Hall–Kier alpha value is 1.16. The third-order valence-corrected chi connectivity index (χ3v) is 0. The van der Waals surface area contributed by atoms with Crippen molar-refractivity contribution in [3.05, 3.63) is 0 Å². The van der Waals surface area contributed by atoms with Crippen LogP contribution >= 0.6 is 0 Å². The monoisotopic (exact) mass is 178 g/mol. The fourth-order valence-corrected chi connectivity index (χ4v) is 0. The molecule has 0 aliphatic carbocycles. The van der Waals surface area contributed by atoms with Crippen molar-refractivity contribution in [2.24, 2.45) is 0 Å². The van der Waals surface area contributed by atoms with Crippen LogP contribution in [0, 0.1) is 0 Å². The molecule has 0 rings (SSSR count). The van der Waals surface area contributed by atoms with E-state index in [-0.39, 0.29) is 24.8 Å². The number of rotatable bonds is 0. The molecule has 0 aliphatic rings. The van der Waals surface area contributed by atoms with Gasteiger partial charge in [0.25, 0.3) is 0 Å². The van der Waals surface area contributed by atoms with E-state index in [2.05, 4.69) is 38.2 Å². The summed E-state index contributed by atoms with van der Waals surface area (Å²) < 4.78 is 0.438. The fraction of sp³-hybridized carbons (Fsp3) is 1.00. The fourth-order valence-electron chi connectivity index (χ4n) is 0. The van der Waals surface area contributed by atoms with Gasteiger partial charge in [0.15, 0.2) is 0 Å². The Bertz CT molecular complexity index is 25.2. The van der Waals surface area contributed by atoms with Gasteiger partial charge in [0.05, 0.1) is 0 Å². The molecule has 0 bridgehead atoms. The number of halogens is 2. The maximum Gasteiger partial charge on any atom is -1.00 e. The molecule has 0 aromatic carbocycles. The second-order valence-electron chi connectivity index (χ2n) is 2.17. The SMILES string of the molecule is C[C](C)(C)[V+2].[Cl-].[Cl-]. The molecule has 0 radical (unpaired) electrons. The normalized spacial score (nSPS) is 8.29. The third-order valence-electron chi connectivity index (χ3n) is 0. The molecule has 0 amide bonds. The Labute approximate surface area is 67.2 Å². The van der Waals surface area contributed by atoms with E-state index in [1.54, 1.807) is 0 Å². The van der Waals surface area contributed by atoms with Crippen LogP contribution in [0.5, 0.6) is 0 Å². The van der Waals surface area contributed by atoms with Crippen LogP contribution in [0.2, 0.25) is 4.13 Å². The number of hydrogen-bond donors (Lipinski definition) is 0. The maximum absolute atomic E-state index is 2.58.